The van der Waals surface area contributed by atoms with E-state index in [1.165, 1.54) is 0 Å². The summed E-state index contributed by atoms with van der Waals surface area (Å²) in [4.78, 5) is 14.2. The van der Waals surface area contributed by atoms with Gasteiger partial charge < -0.3 is 16.0 Å². The minimum absolute atomic E-state index is 0.0417. The predicted molar refractivity (Wildman–Crippen MR) is 80.0 cm³/mol. The van der Waals surface area contributed by atoms with Crippen molar-refractivity contribution >= 4 is 11.6 Å². The van der Waals surface area contributed by atoms with Crippen LogP contribution in [0.1, 0.15) is 32.8 Å². The van der Waals surface area contributed by atoms with Crippen LogP contribution in [0.15, 0.2) is 24.3 Å². The third kappa shape index (κ3) is 5.01. The second-order valence-electron chi connectivity index (χ2n) is 4.88. The molecule has 1 rings (SSSR count). The van der Waals surface area contributed by atoms with Gasteiger partial charge in [-0.2, -0.15) is 0 Å². The molecule has 0 saturated carbocycles. The first kappa shape index (κ1) is 15.7. The summed E-state index contributed by atoms with van der Waals surface area (Å²) < 4.78 is 0. The van der Waals surface area contributed by atoms with Gasteiger partial charge in [0.2, 0.25) is 5.91 Å². The molecule has 0 heterocycles. The van der Waals surface area contributed by atoms with Crippen molar-refractivity contribution in [2.45, 2.75) is 39.8 Å². The average molecular weight is 263 g/mol. The smallest absolute Gasteiger partial charge is 0.225 e. The zero-order chi connectivity index (χ0) is 14.3. The van der Waals surface area contributed by atoms with Gasteiger partial charge in [-0.1, -0.05) is 25.1 Å². The van der Waals surface area contributed by atoms with Gasteiger partial charge in [0.25, 0.3) is 0 Å². The lowest BCUT2D eigenvalue weighted by atomic mass is 10.1. The number of carbonyl (C=O) groups is 1. The molecule has 0 aliphatic heterocycles. The van der Waals surface area contributed by atoms with Gasteiger partial charge in [0.1, 0.15) is 0 Å². The third-order valence-electron chi connectivity index (χ3n) is 3.27. The van der Waals surface area contributed by atoms with Gasteiger partial charge >= 0.3 is 0 Å². The zero-order valence-corrected chi connectivity index (χ0v) is 12.1. The number of carbonyl (C=O) groups excluding carboxylic acids is 1. The van der Waals surface area contributed by atoms with E-state index in [0.29, 0.717) is 19.0 Å². The summed E-state index contributed by atoms with van der Waals surface area (Å²) in [6.07, 6.45) is 0.505. The molecular weight excluding hydrogens is 238 g/mol. The number of nitrogens with zero attached hydrogens (tertiary/aromatic N) is 1. The van der Waals surface area contributed by atoms with E-state index < -0.39 is 0 Å². The second kappa shape index (κ2) is 7.92. The Bertz CT molecular complexity index is 404. The highest BCUT2D eigenvalue weighted by Gasteiger charge is 2.10. The maximum Gasteiger partial charge on any atom is 0.225 e. The summed E-state index contributed by atoms with van der Waals surface area (Å²) >= 11 is 0. The van der Waals surface area contributed by atoms with Crippen molar-refractivity contribution in [1.82, 2.24) is 4.90 Å². The van der Waals surface area contributed by atoms with E-state index in [1.54, 1.807) is 0 Å². The SMILES string of the molecule is CCN(CCC(=O)Nc1ccccc1CN)C(C)C. The minimum Gasteiger partial charge on any atom is -0.326 e. The van der Waals surface area contributed by atoms with Crippen molar-refractivity contribution in [2.24, 2.45) is 5.73 Å². The molecule has 0 atom stereocenters. The highest BCUT2D eigenvalue weighted by molar-refractivity contribution is 5.91. The first-order valence-corrected chi connectivity index (χ1v) is 6.90. The number of nitrogens with one attached hydrogen (secondary N) is 1. The third-order valence-corrected chi connectivity index (χ3v) is 3.27. The molecule has 0 aliphatic rings. The molecule has 1 aromatic carbocycles. The second-order valence-corrected chi connectivity index (χ2v) is 4.88. The molecule has 1 amide bonds. The van der Waals surface area contributed by atoms with E-state index >= 15 is 0 Å². The zero-order valence-electron chi connectivity index (χ0n) is 12.1. The van der Waals surface area contributed by atoms with Gasteiger partial charge in [0.05, 0.1) is 0 Å². The van der Waals surface area contributed by atoms with Crippen molar-refractivity contribution < 1.29 is 4.79 Å². The van der Waals surface area contributed by atoms with Crippen LogP contribution in [0.2, 0.25) is 0 Å². The van der Waals surface area contributed by atoms with Crippen LogP contribution in [-0.2, 0) is 11.3 Å². The van der Waals surface area contributed by atoms with Gasteiger partial charge in [-0.15, -0.1) is 0 Å². The van der Waals surface area contributed by atoms with Gasteiger partial charge in [-0.05, 0) is 32.0 Å². The lowest BCUT2D eigenvalue weighted by molar-refractivity contribution is -0.116. The van der Waals surface area contributed by atoms with Crippen LogP contribution in [0.3, 0.4) is 0 Å². The molecule has 0 unspecified atom stereocenters. The van der Waals surface area contributed by atoms with E-state index in [9.17, 15) is 4.79 Å². The fourth-order valence-electron chi connectivity index (χ4n) is 2.06. The first-order valence-electron chi connectivity index (χ1n) is 6.90. The van der Waals surface area contributed by atoms with Crippen molar-refractivity contribution in [3.8, 4) is 0 Å². The highest BCUT2D eigenvalue weighted by atomic mass is 16.1. The van der Waals surface area contributed by atoms with Gasteiger partial charge in [0, 0.05) is 31.2 Å². The summed E-state index contributed by atoms with van der Waals surface area (Å²) in [6.45, 7) is 8.58. The van der Waals surface area contributed by atoms with E-state index in [1.807, 2.05) is 24.3 Å². The van der Waals surface area contributed by atoms with E-state index in [4.69, 9.17) is 5.73 Å². The molecule has 4 heteroatoms. The van der Waals surface area contributed by atoms with Crippen LogP contribution >= 0.6 is 0 Å². The van der Waals surface area contributed by atoms with Crippen LogP contribution < -0.4 is 11.1 Å². The Labute approximate surface area is 116 Å². The Kier molecular flexibility index (Phi) is 6.53. The number of para-hydroxylation sites is 1. The summed E-state index contributed by atoms with van der Waals surface area (Å²) in [7, 11) is 0. The summed E-state index contributed by atoms with van der Waals surface area (Å²) in [5.74, 6) is 0.0417. The van der Waals surface area contributed by atoms with Crippen LogP contribution in [0.4, 0.5) is 5.69 Å². The summed E-state index contributed by atoms with van der Waals surface area (Å²) in [6, 6.07) is 8.12. The Morgan fingerprint density at radius 3 is 2.63 bits per heavy atom. The number of anilines is 1. The average Bonchev–Trinajstić information content (AvgIpc) is 2.39. The molecule has 1 aromatic rings. The van der Waals surface area contributed by atoms with Crippen LogP contribution in [-0.4, -0.2) is 29.9 Å². The lowest BCUT2D eigenvalue weighted by Crippen LogP contribution is -2.33. The Balaban J connectivity index is 2.51. The molecule has 4 nitrogen and oxygen atoms in total. The monoisotopic (exact) mass is 263 g/mol. The van der Waals surface area contributed by atoms with Crippen molar-refractivity contribution in [1.29, 1.82) is 0 Å². The number of hydrogen-bond donors (Lipinski definition) is 2. The molecule has 0 bridgehead atoms. The van der Waals surface area contributed by atoms with Gasteiger partial charge in [-0.3, -0.25) is 4.79 Å². The molecule has 0 aromatic heterocycles. The van der Waals surface area contributed by atoms with Crippen LogP contribution in [0.5, 0.6) is 0 Å². The molecule has 19 heavy (non-hydrogen) atoms. The van der Waals surface area contributed by atoms with Crippen LogP contribution in [0, 0.1) is 0 Å². The number of hydrogen-bond acceptors (Lipinski definition) is 3. The maximum atomic E-state index is 11.9. The number of nitrogens with two attached hydrogens (primary N) is 1. The Hall–Kier alpha value is -1.39. The number of rotatable bonds is 7. The topological polar surface area (TPSA) is 58.4 Å². The molecule has 3 N–H and O–H groups in total. The molecule has 0 fully saturated rings. The van der Waals surface area contributed by atoms with E-state index in [0.717, 1.165) is 24.3 Å². The normalized spacial score (nSPS) is 11.1. The standard InChI is InChI=1S/C15H25N3O/c1-4-18(12(2)3)10-9-15(19)17-14-8-6-5-7-13(14)11-16/h5-8,12H,4,9-11,16H2,1-3H3,(H,17,19). The molecular formula is C15H25N3O. The van der Waals surface area contributed by atoms with Crippen LogP contribution in [0.25, 0.3) is 0 Å². The highest BCUT2D eigenvalue weighted by Crippen LogP contribution is 2.14. The number of benzene rings is 1. The minimum atomic E-state index is 0.0417. The molecule has 0 radical (unpaired) electrons. The maximum absolute atomic E-state index is 11.9. The fraction of sp³-hybridized carbons (Fsp3) is 0.533. The van der Waals surface area contributed by atoms with Crippen molar-refractivity contribution in [3.63, 3.8) is 0 Å². The predicted octanol–water partition coefficient (Wildman–Crippen LogP) is 2.20. The van der Waals surface area contributed by atoms with Gasteiger partial charge in [0.15, 0.2) is 0 Å². The first-order chi connectivity index (χ1) is 9.08. The van der Waals surface area contributed by atoms with Gasteiger partial charge in [-0.25, -0.2) is 0 Å². The van der Waals surface area contributed by atoms with Crippen molar-refractivity contribution in [2.75, 3.05) is 18.4 Å². The summed E-state index contributed by atoms with van der Waals surface area (Å²) in [5.41, 5.74) is 7.44. The largest absolute Gasteiger partial charge is 0.326 e. The fourth-order valence-corrected chi connectivity index (χ4v) is 2.06. The molecule has 0 spiro atoms. The van der Waals surface area contributed by atoms with E-state index in [2.05, 4.69) is 31.0 Å². The van der Waals surface area contributed by atoms with E-state index in [-0.39, 0.29) is 5.91 Å². The number of amides is 1. The summed E-state index contributed by atoms with van der Waals surface area (Å²) in [5, 5.41) is 2.93. The molecule has 106 valence electrons. The quantitative estimate of drug-likeness (QED) is 0.793. The Morgan fingerprint density at radius 1 is 1.37 bits per heavy atom. The molecule has 0 saturated heterocycles. The Morgan fingerprint density at radius 2 is 2.05 bits per heavy atom. The molecule has 0 aliphatic carbocycles. The lowest BCUT2D eigenvalue weighted by Gasteiger charge is -2.24. The van der Waals surface area contributed by atoms with Crippen molar-refractivity contribution in [3.05, 3.63) is 29.8 Å².